The van der Waals surface area contributed by atoms with Crippen LogP contribution in [0.5, 0.6) is 0 Å². The lowest BCUT2D eigenvalue weighted by Crippen LogP contribution is -2.38. The van der Waals surface area contributed by atoms with Crippen LogP contribution in [0.15, 0.2) is 24.3 Å². The smallest absolute Gasteiger partial charge is 0.238 e. The fourth-order valence-electron chi connectivity index (χ4n) is 5.03. The number of para-hydroxylation sites is 2. The highest BCUT2D eigenvalue weighted by atomic mass is 16.2. The maximum atomic E-state index is 12.6. The summed E-state index contributed by atoms with van der Waals surface area (Å²) in [6.07, 6.45) is 3.56. The van der Waals surface area contributed by atoms with E-state index < -0.39 is 0 Å². The minimum absolute atomic E-state index is 0.0215. The molecule has 2 N–H and O–H groups in total. The molecule has 1 aromatic carbocycles. The zero-order chi connectivity index (χ0) is 18.2. The van der Waals surface area contributed by atoms with Gasteiger partial charge in [0.05, 0.1) is 17.9 Å². The molecule has 5 heteroatoms. The first kappa shape index (κ1) is 17.9. The Hall–Kier alpha value is -1.88. The van der Waals surface area contributed by atoms with E-state index in [-0.39, 0.29) is 11.8 Å². The summed E-state index contributed by atoms with van der Waals surface area (Å²) in [7, 11) is 0. The van der Waals surface area contributed by atoms with Crippen LogP contribution in [-0.4, -0.2) is 35.8 Å². The third kappa shape index (κ3) is 4.21. The van der Waals surface area contributed by atoms with Crippen molar-refractivity contribution in [2.75, 3.05) is 23.7 Å². The van der Waals surface area contributed by atoms with E-state index in [0.29, 0.717) is 34.8 Å². The van der Waals surface area contributed by atoms with Crippen molar-refractivity contribution in [1.29, 1.82) is 0 Å². The number of fused-ring (bicyclic) bond motifs is 2. The third-order valence-electron chi connectivity index (χ3n) is 5.38. The summed E-state index contributed by atoms with van der Waals surface area (Å²) >= 11 is 0. The average Bonchev–Trinajstić information content (AvgIpc) is 2.69. The van der Waals surface area contributed by atoms with Gasteiger partial charge in [0.1, 0.15) is 0 Å². The zero-order valence-electron chi connectivity index (χ0n) is 15.7. The Morgan fingerprint density at radius 3 is 2.40 bits per heavy atom. The number of carbonyl (C=O) groups excluding carboxylic acids is 2. The molecule has 3 rings (SSSR count). The minimum Gasteiger partial charge on any atom is -0.325 e. The van der Waals surface area contributed by atoms with Crippen molar-refractivity contribution in [1.82, 2.24) is 4.90 Å². The van der Waals surface area contributed by atoms with Crippen molar-refractivity contribution in [3.05, 3.63) is 24.3 Å². The Morgan fingerprint density at radius 1 is 1.12 bits per heavy atom. The number of hydrogen-bond donors (Lipinski definition) is 2. The van der Waals surface area contributed by atoms with E-state index in [1.54, 1.807) is 6.07 Å². The molecule has 2 fully saturated rings. The summed E-state index contributed by atoms with van der Waals surface area (Å²) in [5, 5.41) is 5.72. The van der Waals surface area contributed by atoms with Crippen molar-refractivity contribution < 1.29 is 9.59 Å². The van der Waals surface area contributed by atoms with E-state index in [2.05, 4.69) is 36.3 Å². The molecule has 1 saturated heterocycles. The zero-order valence-corrected chi connectivity index (χ0v) is 15.7. The van der Waals surface area contributed by atoms with Crippen LogP contribution in [0.25, 0.3) is 0 Å². The molecule has 1 saturated carbocycles. The minimum atomic E-state index is -0.148. The molecule has 136 valence electrons. The molecule has 2 amide bonds. The lowest BCUT2D eigenvalue weighted by molar-refractivity contribution is -0.117. The molecule has 1 aliphatic carbocycles. The Kier molecular flexibility index (Phi) is 4.62. The number of benzene rings is 1. The van der Waals surface area contributed by atoms with Crippen LogP contribution in [0.1, 0.15) is 47.0 Å². The molecular weight excluding hydrogens is 314 g/mol. The standard InChI is InChI=1S/C20H29N3O2/c1-14(24)21-16-7-5-6-8-17(16)22-18(25)11-23-13-20(4)10-15(23)9-19(2,3)12-20/h5-8,15H,9-13H2,1-4H3,(H,21,24)(H,22,25)/t15-,20-/m1/s1. The first-order valence-corrected chi connectivity index (χ1v) is 9.06. The summed E-state index contributed by atoms with van der Waals surface area (Å²) in [6, 6.07) is 7.80. The van der Waals surface area contributed by atoms with Gasteiger partial charge in [0.25, 0.3) is 0 Å². The highest BCUT2D eigenvalue weighted by Gasteiger charge is 2.49. The predicted octanol–water partition coefficient (Wildman–Crippen LogP) is 3.48. The fraction of sp³-hybridized carbons (Fsp3) is 0.600. The Labute approximate surface area is 150 Å². The van der Waals surface area contributed by atoms with Gasteiger partial charge in [-0.3, -0.25) is 14.5 Å². The first-order chi connectivity index (χ1) is 11.7. The number of nitrogens with zero attached hydrogens (tertiary/aromatic N) is 1. The van der Waals surface area contributed by atoms with Crippen LogP contribution in [0, 0.1) is 10.8 Å². The number of anilines is 2. The van der Waals surface area contributed by atoms with Gasteiger partial charge in [-0.1, -0.05) is 32.9 Å². The van der Waals surface area contributed by atoms with Crippen molar-refractivity contribution in [3.63, 3.8) is 0 Å². The Balaban J connectivity index is 1.65. The lowest BCUT2D eigenvalue weighted by Gasteiger charge is -2.39. The Morgan fingerprint density at radius 2 is 1.76 bits per heavy atom. The summed E-state index contributed by atoms with van der Waals surface area (Å²) in [6.45, 7) is 9.89. The second-order valence-corrected chi connectivity index (χ2v) is 8.89. The molecule has 1 heterocycles. The van der Waals surface area contributed by atoms with E-state index in [4.69, 9.17) is 0 Å². The number of likely N-dealkylation sites (tertiary alicyclic amines) is 1. The molecule has 0 aromatic heterocycles. The molecule has 2 atom stereocenters. The van der Waals surface area contributed by atoms with Crippen LogP contribution < -0.4 is 10.6 Å². The average molecular weight is 343 g/mol. The van der Waals surface area contributed by atoms with Crippen molar-refractivity contribution in [2.24, 2.45) is 10.8 Å². The SMILES string of the molecule is CC(=O)Nc1ccccc1NC(=O)CN1C[C@]2(C)C[C@H]1CC(C)(C)C2. The summed E-state index contributed by atoms with van der Waals surface area (Å²) < 4.78 is 0. The number of carbonyl (C=O) groups is 2. The third-order valence-corrected chi connectivity index (χ3v) is 5.38. The maximum absolute atomic E-state index is 12.6. The molecule has 5 nitrogen and oxygen atoms in total. The van der Waals surface area contributed by atoms with E-state index in [0.717, 1.165) is 13.0 Å². The van der Waals surface area contributed by atoms with Gasteiger partial charge in [-0.25, -0.2) is 0 Å². The van der Waals surface area contributed by atoms with Crippen LogP contribution in [0.2, 0.25) is 0 Å². The summed E-state index contributed by atoms with van der Waals surface area (Å²) in [5.41, 5.74) is 1.95. The van der Waals surface area contributed by atoms with Gasteiger partial charge < -0.3 is 10.6 Å². The van der Waals surface area contributed by atoms with Crippen LogP contribution in [0.4, 0.5) is 11.4 Å². The van der Waals surface area contributed by atoms with Crippen molar-refractivity contribution in [3.8, 4) is 0 Å². The normalized spacial score (nSPS) is 27.8. The molecule has 1 aromatic rings. The molecule has 0 unspecified atom stereocenters. The molecule has 25 heavy (non-hydrogen) atoms. The van der Waals surface area contributed by atoms with Crippen LogP contribution in [0.3, 0.4) is 0 Å². The summed E-state index contributed by atoms with van der Waals surface area (Å²) in [4.78, 5) is 26.3. The number of hydrogen-bond acceptors (Lipinski definition) is 3. The Bertz CT molecular complexity index is 685. The predicted molar refractivity (Wildman–Crippen MR) is 100 cm³/mol. The number of amides is 2. The second kappa shape index (κ2) is 6.45. The van der Waals surface area contributed by atoms with E-state index >= 15 is 0 Å². The molecular formula is C20H29N3O2. The van der Waals surface area contributed by atoms with Gasteiger partial charge in [0.15, 0.2) is 0 Å². The fourth-order valence-corrected chi connectivity index (χ4v) is 5.03. The molecule has 1 aliphatic heterocycles. The molecule has 0 spiro atoms. The van der Waals surface area contributed by atoms with Crippen molar-refractivity contribution in [2.45, 2.75) is 53.0 Å². The quantitative estimate of drug-likeness (QED) is 0.880. The van der Waals surface area contributed by atoms with Gasteiger partial charge in [0, 0.05) is 19.5 Å². The summed E-state index contributed by atoms with van der Waals surface area (Å²) in [5.74, 6) is -0.169. The van der Waals surface area contributed by atoms with Crippen LogP contribution in [-0.2, 0) is 9.59 Å². The van der Waals surface area contributed by atoms with Gasteiger partial charge in [0.2, 0.25) is 11.8 Å². The highest BCUT2D eigenvalue weighted by Crippen LogP contribution is 2.52. The first-order valence-electron chi connectivity index (χ1n) is 9.06. The largest absolute Gasteiger partial charge is 0.325 e. The van der Waals surface area contributed by atoms with E-state index in [1.165, 1.54) is 19.8 Å². The molecule has 0 radical (unpaired) electrons. The highest BCUT2D eigenvalue weighted by molar-refractivity contribution is 5.99. The van der Waals surface area contributed by atoms with Gasteiger partial charge >= 0.3 is 0 Å². The van der Waals surface area contributed by atoms with Crippen molar-refractivity contribution >= 4 is 23.2 Å². The number of rotatable bonds is 4. The van der Waals surface area contributed by atoms with Gasteiger partial charge in [-0.05, 0) is 42.2 Å². The molecule has 2 bridgehead atoms. The van der Waals surface area contributed by atoms with Gasteiger partial charge in [-0.15, -0.1) is 0 Å². The number of nitrogens with one attached hydrogen (secondary N) is 2. The second-order valence-electron chi connectivity index (χ2n) is 8.89. The lowest BCUT2D eigenvalue weighted by atomic mass is 9.65. The van der Waals surface area contributed by atoms with Crippen LogP contribution >= 0.6 is 0 Å². The van der Waals surface area contributed by atoms with E-state index in [9.17, 15) is 9.59 Å². The topological polar surface area (TPSA) is 61.4 Å². The molecule has 2 aliphatic rings. The van der Waals surface area contributed by atoms with Gasteiger partial charge in [-0.2, -0.15) is 0 Å². The maximum Gasteiger partial charge on any atom is 0.238 e. The van der Waals surface area contributed by atoms with E-state index in [1.807, 2.05) is 18.2 Å². The monoisotopic (exact) mass is 343 g/mol.